The van der Waals surface area contributed by atoms with E-state index in [9.17, 15) is 4.79 Å². The molecule has 6 nitrogen and oxygen atoms in total. The van der Waals surface area contributed by atoms with Crippen LogP contribution in [-0.2, 0) is 6.54 Å². The largest absolute Gasteiger partial charge is 0.476 e. The third-order valence-corrected chi connectivity index (χ3v) is 2.43. The summed E-state index contributed by atoms with van der Waals surface area (Å²) in [5, 5.41) is 16.8. The van der Waals surface area contributed by atoms with E-state index in [-0.39, 0.29) is 5.69 Å². The number of hydrogen-bond donors (Lipinski definition) is 1. The molecule has 2 heterocycles. The van der Waals surface area contributed by atoms with Gasteiger partial charge in [-0.05, 0) is 18.1 Å². The molecule has 1 N–H and O–H groups in total. The number of pyridine rings is 1. The minimum absolute atomic E-state index is 0.0261. The minimum Gasteiger partial charge on any atom is -0.476 e. The molecule has 0 aliphatic rings. The van der Waals surface area contributed by atoms with Crippen molar-refractivity contribution in [3.63, 3.8) is 0 Å². The van der Waals surface area contributed by atoms with Crippen molar-refractivity contribution < 1.29 is 9.90 Å². The number of carbonyl (C=O) groups is 1. The van der Waals surface area contributed by atoms with Gasteiger partial charge in [-0.3, -0.25) is 4.98 Å². The van der Waals surface area contributed by atoms with Crippen LogP contribution in [0.15, 0.2) is 24.5 Å². The molecule has 0 atom stereocenters. The van der Waals surface area contributed by atoms with Gasteiger partial charge in [0.05, 0.1) is 0 Å². The molecule has 0 saturated carbocycles. The lowest BCUT2D eigenvalue weighted by Gasteiger charge is -2.09. The molecule has 0 radical (unpaired) electrons. The zero-order valence-corrected chi connectivity index (χ0v) is 10.2. The fourth-order valence-corrected chi connectivity index (χ4v) is 1.73. The topological polar surface area (TPSA) is 80.9 Å². The Balaban J connectivity index is 2.54. The zero-order chi connectivity index (χ0) is 13.1. The minimum atomic E-state index is -1.07. The monoisotopic (exact) mass is 246 g/mol. The zero-order valence-electron chi connectivity index (χ0n) is 10.2. The van der Waals surface area contributed by atoms with E-state index in [2.05, 4.69) is 15.3 Å². The molecule has 0 bridgehead atoms. The van der Waals surface area contributed by atoms with Gasteiger partial charge in [-0.2, -0.15) is 0 Å². The van der Waals surface area contributed by atoms with E-state index < -0.39 is 5.97 Å². The van der Waals surface area contributed by atoms with Gasteiger partial charge < -0.3 is 5.11 Å². The Bertz CT molecular complexity index is 548. The summed E-state index contributed by atoms with van der Waals surface area (Å²) in [5.41, 5.74) is 1.26. The highest BCUT2D eigenvalue weighted by molar-refractivity contribution is 5.92. The van der Waals surface area contributed by atoms with Crippen LogP contribution in [0.2, 0.25) is 0 Å². The first-order chi connectivity index (χ1) is 8.59. The molecule has 2 aromatic heterocycles. The number of nitrogens with zero attached hydrogens (tertiary/aromatic N) is 4. The molecular weight excluding hydrogens is 232 g/mol. The summed E-state index contributed by atoms with van der Waals surface area (Å²) in [7, 11) is 0. The maximum atomic E-state index is 11.2. The van der Waals surface area contributed by atoms with E-state index >= 15 is 0 Å². The van der Waals surface area contributed by atoms with Crippen molar-refractivity contribution in [1.29, 1.82) is 0 Å². The summed E-state index contributed by atoms with van der Waals surface area (Å²) in [4.78, 5) is 15.1. The molecule has 18 heavy (non-hydrogen) atoms. The number of aromatic carboxylic acids is 1. The molecule has 0 fully saturated rings. The van der Waals surface area contributed by atoms with Crippen molar-refractivity contribution in [2.24, 2.45) is 5.92 Å². The van der Waals surface area contributed by atoms with Crippen LogP contribution in [0.1, 0.15) is 24.3 Å². The summed E-state index contributed by atoms with van der Waals surface area (Å²) in [6.07, 6.45) is 3.24. The van der Waals surface area contributed by atoms with Gasteiger partial charge in [0.2, 0.25) is 0 Å². The second-order valence-corrected chi connectivity index (χ2v) is 4.40. The van der Waals surface area contributed by atoms with Crippen molar-refractivity contribution in [3.05, 3.63) is 30.2 Å². The van der Waals surface area contributed by atoms with E-state index in [0.717, 1.165) is 5.56 Å². The maximum absolute atomic E-state index is 11.2. The predicted octanol–water partition coefficient (Wildman–Crippen LogP) is 1.69. The molecule has 0 aliphatic heterocycles. The lowest BCUT2D eigenvalue weighted by molar-refractivity contribution is 0.0691. The maximum Gasteiger partial charge on any atom is 0.358 e. The van der Waals surface area contributed by atoms with Gasteiger partial charge in [0.1, 0.15) is 5.69 Å². The molecule has 94 valence electrons. The second-order valence-electron chi connectivity index (χ2n) is 4.40. The SMILES string of the molecule is CC(C)Cn1nnc(C(=O)O)c1-c1ccncc1. The van der Waals surface area contributed by atoms with E-state index in [1.54, 1.807) is 29.2 Å². The molecule has 0 unspecified atom stereocenters. The summed E-state index contributed by atoms with van der Waals surface area (Å²) in [5.74, 6) is -0.717. The Morgan fingerprint density at radius 1 is 1.39 bits per heavy atom. The van der Waals surface area contributed by atoms with Crippen LogP contribution in [-0.4, -0.2) is 31.1 Å². The summed E-state index contributed by atoms with van der Waals surface area (Å²) >= 11 is 0. The van der Waals surface area contributed by atoms with Crippen molar-refractivity contribution >= 4 is 5.97 Å². The molecule has 6 heteroatoms. The number of carboxylic acid groups (broad SMARTS) is 1. The average Bonchev–Trinajstić information content (AvgIpc) is 2.73. The normalized spacial score (nSPS) is 10.8. The van der Waals surface area contributed by atoms with E-state index in [1.165, 1.54) is 0 Å². The highest BCUT2D eigenvalue weighted by atomic mass is 16.4. The Morgan fingerprint density at radius 3 is 2.61 bits per heavy atom. The smallest absolute Gasteiger partial charge is 0.358 e. The summed E-state index contributed by atoms with van der Waals surface area (Å²) in [6.45, 7) is 4.70. The van der Waals surface area contributed by atoms with Crippen LogP contribution in [0.4, 0.5) is 0 Å². The van der Waals surface area contributed by atoms with Crippen LogP contribution >= 0.6 is 0 Å². The number of hydrogen-bond acceptors (Lipinski definition) is 4. The van der Waals surface area contributed by atoms with Crippen molar-refractivity contribution in [3.8, 4) is 11.3 Å². The van der Waals surface area contributed by atoms with Crippen LogP contribution in [0.3, 0.4) is 0 Å². The Labute approximate surface area is 104 Å². The van der Waals surface area contributed by atoms with Crippen LogP contribution < -0.4 is 0 Å². The van der Waals surface area contributed by atoms with Crippen molar-refractivity contribution in [2.75, 3.05) is 0 Å². The predicted molar refractivity (Wildman–Crippen MR) is 65.1 cm³/mol. The molecule has 2 rings (SSSR count). The third kappa shape index (κ3) is 2.37. The average molecular weight is 246 g/mol. The number of carboxylic acids is 1. The Morgan fingerprint density at radius 2 is 2.06 bits per heavy atom. The lowest BCUT2D eigenvalue weighted by Crippen LogP contribution is -2.09. The molecule has 0 spiro atoms. The highest BCUT2D eigenvalue weighted by Crippen LogP contribution is 2.22. The number of aromatic nitrogens is 4. The molecular formula is C12H14N4O2. The van der Waals surface area contributed by atoms with E-state index in [1.807, 2.05) is 13.8 Å². The van der Waals surface area contributed by atoms with E-state index in [0.29, 0.717) is 18.2 Å². The van der Waals surface area contributed by atoms with Crippen molar-refractivity contribution in [2.45, 2.75) is 20.4 Å². The summed E-state index contributed by atoms with van der Waals surface area (Å²) in [6, 6.07) is 3.50. The molecule has 0 aromatic carbocycles. The van der Waals surface area contributed by atoms with Gasteiger partial charge >= 0.3 is 5.97 Å². The molecule has 0 saturated heterocycles. The quantitative estimate of drug-likeness (QED) is 0.887. The highest BCUT2D eigenvalue weighted by Gasteiger charge is 2.20. The molecule has 2 aromatic rings. The first-order valence-electron chi connectivity index (χ1n) is 5.66. The lowest BCUT2D eigenvalue weighted by atomic mass is 10.1. The number of rotatable bonds is 4. The van der Waals surface area contributed by atoms with Crippen molar-refractivity contribution in [1.82, 2.24) is 20.0 Å². The fourth-order valence-electron chi connectivity index (χ4n) is 1.73. The van der Waals surface area contributed by atoms with Crippen LogP contribution in [0.25, 0.3) is 11.3 Å². The van der Waals surface area contributed by atoms with Gasteiger partial charge in [0, 0.05) is 24.5 Å². The van der Waals surface area contributed by atoms with Crippen LogP contribution in [0.5, 0.6) is 0 Å². The van der Waals surface area contributed by atoms with Gasteiger partial charge in [0.15, 0.2) is 5.69 Å². The summed E-state index contributed by atoms with van der Waals surface area (Å²) < 4.78 is 1.63. The van der Waals surface area contributed by atoms with E-state index in [4.69, 9.17) is 5.11 Å². The van der Waals surface area contributed by atoms with Crippen LogP contribution in [0, 0.1) is 5.92 Å². The third-order valence-electron chi connectivity index (χ3n) is 2.43. The molecule has 0 amide bonds. The van der Waals surface area contributed by atoms with Gasteiger partial charge in [0.25, 0.3) is 0 Å². The van der Waals surface area contributed by atoms with Gasteiger partial charge in [-0.25, -0.2) is 9.48 Å². The molecule has 0 aliphatic carbocycles. The van der Waals surface area contributed by atoms with Gasteiger partial charge in [-0.1, -0.05) is 19.1 Å². The van der Waals surface area contributed by atoms with Gasteiger partial charge in [-0.15, -0.1) is 5.10 Å². The Kier molecular flexibility index (Phi) is 3.36. The first kappa shape index (κ1) is 12.2. The first-order valence-corrected chi connectivity index (χ1v) is 5.66. The Hall–Kier alpha value is -2.24. The standard InChI is InChI=1S/C12H14N4O2/c1-8(2)7-16-11(9-3-5-13-6-4-9)10(12(17)18)14-15-16/h3-6,8H,7H2,1-2H3,(H,17,18). The second kappa shape index (κ2) is 4.95. The fraction of sp³-hybridized carbons (Fsp3) is 0.333.